The van der Waals surface area contributed by atoms with E-state index in [-0.39, 0.29) is 23.6 Å². The molecule has 2 aromatic carbocycles. The molecule has 3 N–H and O–H groups in total. The molecule has 23 heavy (non-hydrogen) atoms. The third-order valence-electron chi connectivity index (χ3n) is 3.60. The fraction of sp³-hybridized carbons (Fsp3) is 0.200. The molecular formula is C15H14N2O5S. The number of aliphatic hydroxyl groups is 1. The summed E-state index contributed by atoms with van der Waals surface area (Å²) in [6.07, 6.45) is 0.290. The van der Waals surface area contributed by atoms with E-state index in [4.69, 9.17) is 5.11 Å². The lowest BCUT2D eigenvalue weighted by Gasteiger charge is -2.18. The fourth-order valence-electron chi connectivity index (χ4n) is 2.53. The Morgan fingerprint density at radius 3 is 2.57 bits per heavy atom. The summed E-state index contributed by atoms with van der Waals surface area (Å²) in [6.45, 7) is -0.0315. The molecule has 0 spiro atoms. The van der Waals surface area contributed by atoms with Crippen LogP contribution in [-0.4, -0.2) is 38.5 Å². The predicted octanol–water partition coefficient (Wildman–Crippen LogP) is 0.384. The Kier molecular flexibility index (Phi) is 3.88. The third kappa shape index (κ3) is 2.72. The van der Waals surface area contributed by atoms with Crippen LogP contribution in [0.5, 0.6) is 0 Å². The van der Waals surface area contributed by atoms with Crippen molar-refractivity contribution in [2.75, 3.05) is 13.2 Å². The van der Waals surface area contributed by atoms with Crippen LogP contribution >= 0.6 is 0 Å². The normalized spacial score (nSPS) is 14.1. The van der Waals surface area contributed by atoms with Gasteiger partial charge in [0.15, 0.2) is 0 Å². The highest BCUT2D eigenvalue weighted by Gasteiger charge is 2.27. The van der Waals surface area contributed by atoms with E-state index >= 15 is 0 Å². The number of carbonyl (C=O) groups is 2. The molecule has 2 amide bonds. The van der Waals surface area contributed by atoms with E-state index in [0.717, 1.165) is 0 Å². The summed E-state index contributed by atoms with van der Waals surface area (Å²) in [5.41, 5.74) is 0.495. The van der Waals surface area contributed by atoms with Crippen molar-refractivity contribution in [3.05, 3.63) is 41.5 Å². The number of hydrogen-bond acceptors (Lipinski definition) is 5. The Hall–Kier alpha value is -2.29. The Morgan fingerprint density at radius 2 is 1.83 bits per heavy atom. The monoisotopic (exact) mass is 334 g/mol. The molecule has 1 heterocycles. The number of aliphatic hydroxyl groups excluding tert-OH is 1. The maximum atomic E-state index is 12.3. The molecule has 0 fully saturated rings. The van der Waals surface area contributed by atoms with Crippen molar-refractivity contribution in [3.8, 4) is 0 Å². The third-order valence-corrected chi connectivity index (χ3v) is 5.04. The molecule has 7 nitrogen and oxygen atoms in total. The number of hydrogen-bond donors (Lipinski definition) is 3. The molecule has 0 aliphatic carbocycles. The van der Waals surface area contributed by atoms with Crippen LogP contribution in [0, 0.1) is 0 Å². The van der Waals surface area contributed by atoms with Gasteiger partial charge in [0, 0.05) is 29.7 Å². The van der Waals surface area contributed by atoms with Gasteiger partial charge in [0.05, 0.1) is 4.90 Å². The number of nitrogens with one attached hydrogen (secondary N) is 2. The minimum absolute atomic E-state index is 0.0559. The van der Waals surface area contributed by atoms with Crippen molar-refractivity contribution >= 4 is 32.6 Å². The van der Waals surface area contributed by atoms with Crippen LogP contribution in [0.25, 0.3) is 10.8 Å². The van der Waals surface area contributed by atoms with E-state index in [1.807, 2.05) is 0 Å². The molecule has 0 atom stereocenters. The van der Waals surface area contributed by atoms with Gasteiger partial charge in [0.2, 0.25) is 10.0 Å². The molecule has 120 valence electrons. The minimum Gasteiger partial charge on any atom is -0.396 e. The number of amides is 2. The lowest BCUT2D eigenvalue weighted by Crippen LogP contribution is -2.35. The minimum atomic E-state index is -3.81. The second-order valence-electron chi connectivity index (χ2n) is 5.13. The van der Waals surface area contributed by atoms with Crippen molar-refractivity contribution in [2.24, 2.45) is 0 Å². The average Bonchev–Trinajstić information content (AvgIpc) is 2.52. The van der Waals surface area contributed by atoms with Crippen molar-refractivity contribution in [2.45, 2.75) is 11.3 Å². The zero-order valence-electron chi connectivity index (χ0n) is 12.0. The maximum Gasteiger partial charge on any atom is 0.258 e. The zero-order valence-corrected chi connectivity index (χ0v) is 12.8. The summed E-state index contributed by atoms with van der Waals surface area (Å²) in [5, 5.41) is 11.9. The Balaban J connectivity index is 2.16. The summed E-state index contributed by atoms with van der Waals surface area (Å²) < 4.78 is 27.0. The Bertz CT molecular complexity index is 921. The lowest BCUT2D eigenvalue weighted by atomic mass is 9.95. The highest BCUT2D eigenvalue weighted by atomic mass is 32.2. The van der Waals surface area contributed by atoms with Crippen molar-refractivity contribution < 1.29 is 23.1 Å². The van der Waals surface area contributed by atoms with Crippen LogP contribution in [0.15, 0.2) is 35.2 Å². The van der Waals surface area contributed by atoms with Gasteiger partial charge in [-0.25, -0.2) is 13.1 Å². The van der Waals surface area contributed by atoms with Gasteiger partial charge < -0.3 is 5.11 Å². The smallest absolute Gasteiger partial charge is 0.258 e. The number of imide groups is 1. The largest absolute Gasteiger partial charge is 0.396 e. The predicted molar refractivity (Wildman–Crippen MR) is 82.6 cm³/mol. The van der Waals surface area contributed by atoms with Gasteiger partial charge in [-0.1, -0.05) is 12.1 Å². The van der Waals surface area contributed by atoms with Crippen molar-refractivity contribution in [1.82, 2.24) is 10.0 Å². The first-order chi connectivity index (χ1) is 10.9. The Labute approximate surface area is 132 Å². The second-order valence-corrected chi connectivity index (χ2v) is 6.90. The van der Waals surface area contributed by atoms with Crippen molar-refractivity contribution in [3.63, 3.8) is 0 Å². The molecule has 0 saturated heterocycles. The first-order valence-electron chi connectivity index (χ1n) is 6.97. The quantitative estimate of drug-likeness (QED) is 0.541. The van der Waals surface area contributed by atoms with E-state index in [1.54, 1.807) is 18.2 Å². The number of sulfonamides is 1. The van der Waals surface area contributed by atoms with E-state index < -0.39 is 21.8 Å². The van der Waals surface area contributed by atoms with Crippen LogP contribution < -0.4 is 10.0 Å². The summed E-state index contributed by atoms with van der Waals surface area (Å²) in [4.78, 5) is 23.8. The maximum absolute atomic E-state index is 12.3. The number of carbonyl (C=O) groups excluding carboxylic acids is 2. The van der Waals surface area contributed by atoms with Gasteiger partial charge >= 0.3 is 0 Å². The average molecular weight is 334 g/mol. The van der Waals surface area contributed by atoms with Gasteiger partial charge in [-0.15, -0.1) is 0 Å². The first kappa shape index (κ1) is 15.6. The molecule has 0 saturated carbocycles. The summed E-state index contributed by atoms with van der Waals surface area (Å²) in [5.74, 6) is -1.11. The van der Waals surface area contributed by atoms with Crippen LogP contribution in [0.3, 0.4) is 0 Å². The summed E-state index contributed by atoms with van der Waals surface area (Å²) in [6, 6.07) is 7.55. The van der Waals surface area contributed by atoms with Crippen molar-refractivity contribution in [1.29, 1.82) is 0 Å². The molecule has 0 aromatic heterocycles. The van der Waals surface area contributed by atoms with E-state index in [0.29, 0.717) is 22.8 Å². The van der Waals surface area contributed by atoms with E-state index in [1.165, 1.54) is 12.1 Å². The Morgan fingerprint density at radius 1 is 1.09 bits per heavy atom. The number of benzene rings is 2. The zero-order chi connectivity index (χ0) is 16.6. The number of rotatable bonds is 5. The molecule has 0 unspecified atom stereocenters. The van der Waals surface area contributed by atoms with Gasteiger partial charge in [-0.3, -0.25) is 14.9 Å². The standard InChI is InChI=1S/C15H14N2O5S/c18-6-2-5-16-23(21,22)10-7-9-3-1-4-11-13(9)12(8-10)15(20)17-14(11)19/h1,3-4,7-8,16,18H,2,5-6H2,(H,17,19,20). The molecule has 1 aliphatic heterocycles. The summed E-state index contributed by atoms with van der Waals surface area (Å²) >= 11 is 0. The van der Waals surface area contributed by atoms with Gasteiger partial charge in [-0.2, -0.15) is 0 Å². The molecular weight excluding hydrogens is 320 g/mol. The molecule has 2 aromatic rings. The van der Waals surface area contributed by atoms with Gasteiger partial charge in [0.1, 0.15) is 0 Å². The van der Waals surface area contributed by atoms with Crippen LogP contribution in [-0.2, 0) is 10.0 Å². The molecule has 3 rings (SSSR count). The fourth-order valence-corrected chi connectivity index (χ4v) is 3.67. The van der Waals surface area contributed by atoms with E-state index in [2.05, 4.69) is 10.0 Å². The van der Waals surface area contributed by atoms with Crippen LogP contribution in [0.2, 0.25) is 0 Å². The van der Waals surface area contributed by atoms with E-state index in [9.17, 15) is 18.0 Å². The topological polar surface area (TPSA) is 113 Å². The van der Waals surface area contributed by atoms with Crippen LogP contribution in [0.4, 0.5) is 0 Å². The van der Waals surface area contributed by atoms with Crippen LogP contribution in [0.1, 0.15) is 27.1 Å². The highest BCUT2D eigenvalue weighted by molar-refractivity contribution is 7.89. The highest BCUT2D eigenvalue weighted by Crippen LogP contribution is 2.29. The lowest BCUT2D eigenvalue weighted by molar-refractivity contribution is 0.0845. The molecule has 0 bridgehead atoms. The molecule has 1 aliphatic rings. The summed E-state index contributed by atoms with van der Waals surface area (Å²) in [7, 11) is -3.81. The second kappa shape index (κ2) is 5.73. The first-order valence-corrected chi connectivity index (χ1v) is 8.45. The molecule has 8 heteroatoms. The molecule has 0 radical (unpaired) electrons. The SMILES string of the molecule is O=C1NC(=O)c2cc(S(=O)(=O)NCCCO)cc3cccc1c23. The van der Waals surface area contributed by atoms with Gasteiger partial charge in [0.25, 0.3) is 11.8 Å². The van der Waals surface area contributed by atoms with Gasteiger partial charge in [-0.05, 0) is 30.0 Å².